The fourth-order valence-electron chi connectivity index (χ4n) is 1.88. The molecule has 0 aromatic rings. The summed E-state index contributed by atoms with van der Waals surface area (Å²) in [6.45, 7) is 6.81. The zero-order valence-corrected chi connectivity index (χ0v) is 8.99. The second-order valence-corrected chi connectivity index (χ2v) is 4.81. The van der Waals surface area contributed by atoms with Crippen LogP contribution in [-0.4, -0.2) is 42.2 Å². The van der Waals surface area contributed by atoms with E-state index in [0.717, 1.165) is 19.5 Å². The summed E-state index contributed by atoms with van der Waals surface area (Å²) in [4.78, 5) is 13.1. The Hall–Kier alpha value is -0.610. The van der Waals surface area contributed by atoms with Gasteiger partial charge in [0.2, 0.25) is 0 Å². The summed E-state index contributed by atoms with van der Waals surface area (Å²) in [7, 11) is 0. The highest BCUT2D eigenvalue weighted by Crippen LogP contribution is 2.22. The molecule has 4 nitrogen and oxygen atoms in total. The Labute approximate surface area is 85.1 Å². The number of hydrogen-bond acceptors (Lipinski definition) is 3. The number of rotatable bonds is 4. The van der Waals surface area contributed by atoms with Crippen molar-refractivity contribution in [1.82, 2.24) is 4.90 Å². The number of carboxylic acid groups (broad SMARTS) is 1. The summed E-state index contributed by atoms with van der Waals surface area (Å²) in [5.74, 6) is -0.173. The molecule has 1 rings (SSSR count). The zero-order valence-electron chi connectivity index (χ0n) is 8.99. The monoisotopic (exact) mass is 200 g/mol. The predicted octanol–water partition coefficient (Wildman–Crippen LogP) is 0.378. The molecule has 1 unspecified atom stereocenters. The molecular formula is C10H20N2O2. The molecule has 0 saturated carbocycles. The van der Waals surface area contributed by atoms with Crippen LogP contribution in [0.15, 0.2) is 0 Å². The minimum Gasteiger partial charge on any atom is -0.481 e. The van der Waals surface area contributed by atoms with Gasteiger partial charge in [0.15, 0.2) is 0 Å². The molecule has 0 amide bonds. The maximum Gasteiger partial charge on any atom is 0.310 e. The summed E-state index contributed by atoms with van der Waals surface area (Å²) >= 11 is 0. The first-order valence-corrected chi connectivity index (χ1v) is 5.11. The standard InChI is InChI=1S/C10H20N2O2/c1-10(2,9(13)14)7-12-4-3-8(5-11)6-12/h8H,3-7,11H2,1-2H3,(H,13,14). The fraction of sp³-hybridized carbons (Fsp3) is 0.900. The van der Waals surface area contributed by atoms with E-state index < -0.39 is 11.4 Å². The molecule has 1 heterocycles. The molecule has 0 aliphatic carbocycles. The van der Waals surface area contributed by atoms with Crippen molar-refractivity contribution in [2.24, 2.45) is 17.1 Å². The number of carbonyl (C=O) groups is 1. The fourth-order valence-corrected chi connectivity index (χ4v) is 1.88. The molecule has 4 heteroatoms. The van der Waals surface area contributed by atoms with Crippen molar-refractivity contribution < 1.29 is 9.90 Å². The van der Waals surface area contributed by atoms with Crippen LogP contribution in [0.2, 0.25) is 0 Å². The molecule has 14 heavy (non-hydrogen) atoms. The summed E-state index contributed by atoms with van der Waals surface area (Å²) in [6.07, 6.45) is 1.10. The Morgan fingerprint density at radius 1 is 1.64 bits per heavy atom. The second-order valence-electron chi connectivity index (χ2n) is 4.81. The second kappa shape index (κ2) is 4.28. The lowest BCUT2D eigenvalue weighted by Gasteiger charge is -2.26. The van der Waals surface area contributed by atoms with Crippen molar-refractivity contribution in [3.63, 3.8) is 0 Å². The van der Waals surface area contributed by atoms with E-state index in [2.05, 4.69) is 4.90 Å². The van der Waals surface area contributed by atoms with Gasteiger partial charge >= 0.3 is 5.97 Å². The summed E-state index contributed by atoms with van der Waals surface area (Å²) in [5, 5.41) is 8.97. The van der Waals surface area contributed by atoms with E-state index in [4.69, 9.17) is 10.8 Å². The summed E-state index contributed by atoms with van der Waals surface area (Å²) < 4.78 is 0. The average molecular weight is 200 g/mol. The van der Waals surface area contributed by atoms with Crippen LogP contribution in [-0.2, 0) is 4.79 Å². The van der Waals surface area contributed by atoms with Crippen LogP contribution in [0.3, 0.4) is 0 Å². The summed E-state index contributed by atoms with van der Waals surface area (Å²) in [5.41, 5.74) is 4.93. The number of nitrogens with two attached hydrogens (primary N) is 1. The SMILES string of the molecule is CC(C)(CN1CCC(CN)C1)C(=O)O. The third kappa shape index (κ3) is 2.69. The van der Waals surface area contributed by atoms with Crippen molar-refractivity contribution in [3.05, 3.63) is 0 Å². The van der Waals surface area contributed by atoms with Crippen molar-refractivity contribution in [2.75, 3.05) is 26.2 Å². The molecule has 0 radical (unpaired) electrons. The number of aliphatic carboxylic acids is 1. The summed E-state index contributed by atoms with van der Waals surface area (Å²) in [6, 6.07) is 0. The minimum absolute atomic E-state index is 0.555. The molecule has 82 valence electrons. The number of likely N-dealkylation sites (tertiary alicyclic amines) is 1. The topological polar surface area (TPSA) is 66.6 Å². The number of hydrogen-bond donors (Lipinski definition) is 2. The molecule has 0 bridgehead atoms. The lowest BCUT2D eigenvalue weighted by molar-refractivity contribution is -0.147. The van der Waals surface area contributed by atoms with E-state index in [1.54, 1.807) is 13.8 Å². The van der Waals surface area contributed by atoms with E-state index in [-0.39, 0.29) is 0 Å². The molecule has 0 aromatic heterocycles. The van der Waals surface area contributed by atoms with Gasteiger partial charge < -0.3 is 15.7 Å². The van der Waals surface area contributed by atoms with Gasteiger partial charge in [0.1, 0.15) is 0 Å². The van der Waals surface area contributed by atoms with Crippen LogP contribution in [0.5, 0.6) is 0 Å². The molecule has 0 aromatic carbocycles. The Morgan fingerprint density at radius 2 is 2.29 bits per heavy atom. The van der Waals surface area contributed by atoms with Gasteiger partial charge in [-0.3, -0.25) is 4.79 Å². The van der Waals surface area contributed by atoms with Gasteiger partial charge in [-0.2, -0.15) is 0 Å². The molecule has 1 aliphatic heterocycles. The quantitative estimate of drug-likeness (QED) is 0.688. The molecule has 1 aliphatic rings. The third-order valence-corrected chi connectivity index (χ3v) is 2.90. The highest BCUT2D eigenvalue weighted by Gasteiger charge is 2.32. The van der Waals surface area contributed by atoms with Crippen LogP contribution in [0.25, 0.3) is 0 Å². The Morgan fingerprint density at radius 3 is 2.71 bits per heavy atom. The maximum absolute atomic E-state index is 10.9. The van der Waals surface area contributed by atoms with E-state index in [0.29, 0.717) is 19.0 Å². The van der Waals surface area contributed by atoms with E-state index in [1.165, 1.54) is 0 Å². The minimum atomic E-state index is -0.728. The largest absolute Gasteiger partial charge is 0.481 e. The predicted molar refractivity (Wildman–Crippen MR) is 55.0 cm³/mol. The lowest BCUT2D eigenvalue weighted by Crippen LogP contribution is -2.38. The van der Waals surface area contributed by atoms with Crippen molar-refractivity contribution >= 4 is 5.97 Å². The highest BCUT2D eigenvalue weighted by atomic mass is 16.4. The molecular weight excluding hydrogens is 180 g/mol. The molecule has 3 N–H and O–H groups in total. The van der Waals surface area contributed by atoms with Gasteiger partial charge in [0, 0.05) is 13.1 Å². The van der Waals surface area contributed by atoms with Crippen LogP contribution in [0, 0.1) is 11.3 Å². The van der Waals surface area contributed by atoms with Gasteiger partial charge in [-0.25, -0.2) is 0 Å². The van der Waals surface area contributed by atoms with Gasteiger partial charge in [-0.15, -0.1) is 0 Å². The van der Waals surface area contributed by atoms with Gasteiger partial charge in [0.25, 0.3) is 0 Å². The van der Waals surface area contributed by atoms with Gasteiger partial charge in [-0.1, -0.05) is 0 Å². The van der Waals surface area contributed by atoms with Crippen LogP contribution >= 0.6 is 0 Å². The first-order valence-electron chi connectivity index (χ1n) is 5.11. The smallest absolute Gasteiger partial charge is 0.310 e. The number of nitrogens with zero attached hydrogens (tertiary/aromatic N) is 1. The van der Waals surface area contributed by atoms with E-state index >= 15 is 0 Å². The highest BCUT2D eigenvalue weighted by molar-refractivity contribution is 5.73. The first kappa shape index (κ1) is 11.5. The average Bonchev–Trinajstić information content (AvgIpc) is 2.51. The molecule has 0 spiro atoms. The maximum atomic E-state index is 10.9. The molecule has 1 atom stereocenters. The van der Waals surface area contributed by atoms with Crippen LogP contribution in [0.1, 0.15) is 20.3 Å². The lowest BCUT2D eigenvalue weighted by atomic mass is 9.93. The van der Waals surface area contributed by atoms with Crippen LogP contribution < -0.4 is 5.73 Å². The Bertz CT molecular complexity index is 216. The Kier molecular flexibility index (Phi) is 3.50. The normalized spacial score (nSPS) is 24.1. The Balaban J connectivity index is 2.42. The van der Waals surface area contributed by atoms with Crippen LogP contribution in [0.4, 0.5) is 0 Å². The van der Waals surface area contributed by atoms with Crippen molar-refractivity contribution in [2.45, 2.75) is 20.3 Å². The van der Waals surface area contributed by atoms with Gasteiger partial charge in [0.05, 0.1) is 5.41 Å². The number of carboxylic acids is 1. The molecule has 1 saturated heterocycles. The first-order chi connectivity index (χ1) is 6.45. The van der Waals surface area contributed by atoms with Crippen molar-refractivity contribution in [3.8, 4) is 0 Å². The van der Waals surface area contributed by atoms with E-state index in [1.807, 2.05) is 0 Å². The zero-order chi connectivity index (χ0) is 10.8. The molecule has 1 fully saturated rings. The van der Waals surface area contributed by atoms with Gasteiger partial charge in [-0.05, 0) is 39.3 Å². The van der Waals surface area contributed by atoms with E-state index in [9.17, 15) is 4.79 Å². The van der Waals surface area contributed by atoms with Crippen molar-refractivity contribution in [1.29, 1.82) is 0 Å². The third-order valence-electron chi connectivity index (χ3n) is 2.90.